The van der Waals surface area contributed by atoms with E-state index in [-0.39, 0.29) is 24.2 Å². The highest BCUT2D eigenvalue weighted by molar-refractivity contribution is 5.91. The molecule has 238 valence electrons. The molecule has 5 aromatic rings. The number of hydrogen-bond acceptors (Lipinski definition) is 7. The zero-order chi connectivity index (χ0) is 32.3. The number of ether oxygens (including phenoxy) is 3. The standard InChI is InChI=1S/C37H40N4O5/c1-37(2,3)46-35(42)28-20-22-40(23-21-28)29-16-11-17-30-33(29)39(4)36(43)41(30)31-18-19-32(44-24-26-12-7-5-8-13-26)38-34(31)45-25-27-14-9-6-10-15-27/h5-19,28H,20-25H2,1-4H3. The van der Waals surface area contributed by atoms with E-state index < -0.39 is 5.60 Å². The predicted molar refractivity (Wildman–Crippen MR) is 179 cm³/mol. The van der Waals surface area contributed by atoms with E-state index in [0.717, 1.165) is 27.8 Å². The lowest BCUT2D eigenvalue weighted by Crippen LogP contribution is -2.39. The summed E-state index contributed by atoms with van der Waals surface area (Å²) in [6.07, 6.45) is 1.37. The van der Waals surface area contributed by atoms with E-state index in [1.165, 1.54) is 0 Å². The topological polar surface area (TPSA) is 87.8 Å². The Morgan fingerprint density at radius 1 is 0.804 bits per heavy atom. The molecule has 0 amide bonds. The first-order valence-corrected chi connectivity index (χ1v) is 15.7. The molecule has 3 heterocycles. The van der Waals surface area contributed by atoms with Crippen LogP contribution in [0.15, 0.2) is 95.8 Å². The molecule has 1 saturated heterocycles. The Morgan fingerprint density at radius 3 is 2.07 bits per heavy atom. The average Bonchev–Trinajstić information content (AvgIpc) is 3.32. The van der Waals surface area contributed by atoms with Crippen LogP contribution in [-0.4, -0.2) is 38.8 Å². The molecule has 1 fully saturated rings. The predicted octanol–water partition coefficient (Wildman–Crippen LogP) is 6.44. The fraction of sp³-hybridized carbons (Fsp3) is 0.324. The van der Waals surface area contributed by atoms with Crippen LogP contribution in [0.5, 0.6) is 11.8 Å². The lowest BCUT2D eigenvalue weighted by molar-refractivity contribution is -0.160. The number of anilines is 1. The number of carbonyl (C=O) groups is 1. The Balaban J connectivity index is 1.32. The first-order chi connectivity index (χ1) is 22.2. The third kappa shape index (κ3) is 6.78. The second-order valence-electron chi connectivity index (χ2n) is 12.6. The lowest BCUT2D eigenvalue weighted by Gasteiger charge is -2.34. The number of piperidine rings is 1. The van der Waals surface area contributed by atoms with Crippen LogP contribution in [0.1, 0.15) is 44.7 Å². The monoisotopic (exact) mass is 620 g/mol. The van der Waals surface area contributed by atoms with Crippen LogP contribution >= 0.6 is 0 Å². The van der Waals surface area contributed by atoms with Gasteiger partial charge in [0.1, 0.15) is 24.5 Å². The molecule has 3 aromatic carbocycles. The van der Waals surface area contributed by atoms with Crippen molar-refractivity contribution in [1.82, 2.24) is 14.1 Å². The Kier molecular flexibility index (Phi) is 8.83. The zero-order valence-corrected chi connectivity index (χ0v) is 26.8. The van der Waals surface area contributed by atoms with Crippen molar-refractivity contribution < 1.29 is 19.0 Å². The van der Waals surface area contributed by atoms with Crippen LogP contribution < -0.4 is 20.1 Å². The van der Waals surface area contributed by atoms with Crippen molar-refractivity contribution in [3.8, 4) is 17.4 Å². The number of benzene rings is 3. The maximum absolute atomic E-state index is 14.0. The van der Waals surface area contributed by atoms with Crippen molar-refractivity contribution in [3.05, 3.63) is 113 Å². The third-order valence-corrected chi connectivity index (χ3v) is 8.13. The summed E-state index contributed by atoms with van der Waals surface area (Å²) in [4.78, 5) is 33.7. The molecule has 6 rings (SSSR count). The van der Waals surface area contributed by atoms with Gasteiger partial charge in [0.15, 0.2) is 0 Å². The summed E-state index contributed by atoms with van der Waals surface area (Å²) in [5.41, 5.74) is 4.30. The highest BCUT2D eigenvalue weighted by atomic mass is 16.6. The van der Waals surface area contributed by atoms with Gasteiger partial charge in [-0.15, -0.1) is 0 Å². The third-order valence-electron chi connectivity index (χ3n) is 8.13. The van der Waals surface area contributed by atoms with Gasteiger partial charge in [-0.25, -0.2) is 4.79 Å². The van der Waals surface area contributed by atoms with Crippen LogP contribution in [0.2, 0.25) is 0 Å². The number of para-hydroxylation sites is 1. The van der Waals surface area contributed by atoms with Gasteiger partial charge in [0.2, 0.25) is 11.8 Å². The minimum absolute atomic E-state index is 0.138. The summed E-state index contributed by atoms with van der Waals surface area (Å²) in [5.74, 6) is 0.418. The molecule has 46 heavy (non-hydrogen) atoms. The molecule has 0 aliphatic carbocycles. The highest BCUT2D eigenvalue weighted by Crippen LogP contribution is 2.33. The Labute approximate surface area is 269 Å². The molecule has 0 spiro atoms. The number of imidazole rings is 1. The number of aromatic nitrogens is 3. The summed E-state index contributed by atoms with van der Waals surface area (Å²) in [6, 6.07) is 29.3. The summed E-state index contributed by atoms with van der Waals surface area (Å²) < 4.78 is 21.3. The fourth-order valence-corrected chi connectivity index (χ4v) is 5.85. The van der Waals surface area contributed by atoms with Gasteiger partial charge in [0, 0.05) is 26.2 Å². The van der Waals surface area contributed by atoms with Crippen molar-refractivity contribution in [2.24, 2.45) is 13.0 Å². The van der Waals surface area contributed by atoms with Gasteiger partial charge in [0.05, 0.1) is 22.6 Å². The zero-order valence-electron chi connectivity index (χ0n) is 26.8. The minimum atomic E-state index is -0.508. The number of pyridine rings is 1. The van der Waals surface area contributed by atoms with E-state index >= 15 is 0 Å². The molecular formula is C37H40N4O5. The number of aryl methyl sites for hydroxylation is 1. The van der Waals surface area contributed by atoms with E-state index in [9.17, 15) is 9.59 Å². The Morgan fingerprint density at radius 2 is 1.43 bits per heavy atom. The maximum atomic E-state index is 14.0. The second kappa shape index (κ2) is 13.1. The molecule has 1 aliphatic rings. The van der Waals surface area contributed by atoms with Gasteiger partial charge in [-0.2, -0.15) is 4.98 Å². The molecule has 0 bridgehead atoms. The van der Waals surface area contributed by atoms with E-state index in [1.54, 1.807) is 22.2 Å². The Bertz CT molecular complexity index is 1870. The van der Waals surface area contributed by atoms with Gasteiger partial charge in [-0.1, -0.05) is 66.7 Å². The number of nitrogens with zero attached hydrogens (tertiary/aromatic N) is 4. The van der Waals surface area contributed by atoms with E-state index in [0.29, 0.717) is 50.0 Å². The van der Waals surface area contributed by atoms with E-state index in [4.69, 9.17) is 19.2 Å². The van der Waals surface area contributed by atoms with Gasteiger partial charge < -0.3 is 19.1 Å². The number of rotatable bonds is 9. The minimum Gasteiger partial charge on any atom is -0.473 e. The van der Waals surface area contributed by atoms with Gasteiger partial charge in [-0.05, 0) is 62.9 Å². The molecular weight excluding hydrogens is 580 g/mol. The van der Waals surface area contributed by atoms with Gasteiger partial charge in [-0.3, -0.25) is 13.9 Å². The van der Waals surface area contributed by atoms with E-state index in [1.807, 2.05) is 106 Å². The molecule has 1 aliphatic heterocycles. The van der Waals surface area contributed by atoms with Crippen molar-refractivity contribution in [2.75, 3.05) is 18.0 Å². The molecule has 0 N–H and O–H groups in total. The number of esters is 1. The average molecular weight is 621 g/mol. The normalized spacial score (nSPS) is 14.0. The first kappa shape index (κ1) is 31.0. The molecule has 2 aromatic heterocycles. The van der Waals surface area contributed by atoms with Crippen LogP contribution in [0.3, 0.4) is 0 Å². The summed E-state index contributed by atoms with van der Waals surface area (Å²) >= 11 is 0. The number of hydrogen-bond donors (Lipinski definition) is 0. The van der Waals surface area contributed by atoms with Crippen molar-refractivity contribution >= 4 is 22.7 Å². The molecule has 9 nitrogen and oxygen atoms in total. The van der Waals surface area contributed by atoms with Crippen molar-refractivity contribution in [3.63, 3.8) is 0 Å². The van der Waals surface area contributed by atoms with Crippen LogP contribution in [0.4, 0.5) is 5.69 Å². The Hall–Kier alpha value is -5.05. The SMILES string of the molecule is Cn1c(=O)n(-c2ccc(OCc3ccccc3)nc2OCc2ccccc2)c2cccc(N3CCC(C(=O)OC(C)(C)C)CC3)c21. The lowest BCUT2D eigenvalue weighted by atomic mass is 9.96. The van der Waals surface area contributed by atoms with Crippen molar-refractivity contribution in [2.45, 2.75) is 52.4 Å². The van der Waals surface area contributed by atoms with E-state index in [2.05, 4.69) is 4.90 Å². The highest BCUT2D eigenvalue weighted by Gasteiger charge is 2.30. The second-order valence-corrected chi connectivity index (χ2v) is 12.6. The summed E-state index contributed by atoms with van der Waals surface area (Å²) in [7, 11) is 1.79. The van der Waals surface area contributed by atoms with Crippen LogP contribution in [0, 0.1) is 5.92 Å². The molecule has 0 saturated carbocycles. The van der Waals surface area contributed by atoms with Crippen LogP contribution in [0.25, 0.3) is 16.7 Å². The maximum Gasteiger partial charge on any atom is 0.333 e. The van der Waals surface area contributed by atoms with Crippen LogP contribution in [-0.2, 0) is 29.8 Å². The molecule has 0 atom stereocenters. The number of carbonyl (C=O) groups excluding carboxylic acids is 1. The van der Waals surface area contributed by atoms with Gasteiger partial charge in [0.25, 0.3) is 0 Å². The smallest absolute Gasteiger partial charge is 0.333 e. The summed E-state index contributed by atoms with van der Waals surface area (Å²) in [5, 5.41) is 0. The fourth-order valence-electron chi connectivity index (χ4n) is 5.85. The largest absolute Gasteiger partial charge is 0.473 e. The summed E-state index contributed by atoms with van der Waals surface area (Å²) in [6.45, 7) is 7.68. The molecule has 0 radical (unpaired) electrons. The van der Waals surface area contributed by atoms with Crippen molar-refractivity contribution in [1.29, 1.82) is 0 Å². The quantitative estimate of drug-likeness (QED) is 0.175. The number of fused-ring (bicyclic) bond motifs is 1. The molecule has 0 unspecified atom stereocenters. The van der Waals surface area contributed by atoms with Gasteiger partial charge >= 0.3 is 11.7 Å². The first-order valence-electron chi connectivity index (χ1n) is 15.7. The molecule has 9 heteroatoms.